The number of fused-ring (bicyclic) bond motifs is 1. The van der Waals surface area contributed by atoms with Crippen molar-refractivity contribution in [2.45, 2.75) is 19.4 Å². The van der Waals surface area contributed by atoms with Gasteiger partial charge in [-0.15, -0.1) is 0 Å². The van der Waals surface area contributed by atoms with Crippen LogP contribution in [-0.4, -0.2) is 34.1 Å². The molecule has 2 heterocycles. The minimum Gasteiger partial charge on any atom is -0.397 e. The summed E-state index contributed by atoms with van der Waals surface area (Å²) in [6, 6.07) is 3.59. The molecule has 0 saturated carbocycles. The smallest absolute Gasteiger partial charge is 0.251 e. The molecule has 104 valence electrons. The predicted octanol–water partition coefficient (Wildman–Crippen LogP) is 0.386. The second-order valence-electron chi connectivity index (χ2n) is 5.39. The summed E-state index contributed by atoms with van der Waals surface area (Å²) in [5.41, 5.74) is 7.18. The Morgan fingerprint density at radius 3 is 2.85 bits per heavy atom. The fourth-order valence-electron chi connectivity index (χ4n) is 2.40. The lowest BCUT2D eigenvalue weighted by Gasteiger charge is -2.42. The number of aromatic amines is 1. The molecule has 3 rings (SSSR count). The zero-order valence-corrected chi connectivity index (χ0v) is 11.2. The standard InChI is InChI=1S/C13H15N5O2/c1-13(2)12(20)16-11(19)6-18(13)10-4-9-7(3-8(10)14)5-15-17-9/h3-5H,6,14H2,1-2H3,(H,15,17)(H,16,19,20). The summed E-state index contributed by atoms with van der Waals surface area (Å²) < 4.78 is 0. The molecule has 1 saturated heterocycles. The van der Waals surface area contributed by atoms with Crippen molar-refractivity contribution in [2.24, 2.45) is 0 Å². The first-order valence-corrected chi connectivity index (χ1v) is 6.24. The van der Waals surface area contributed by atoms with Crippen LogP contribution in [-0.2, 0) is 9.59 Å². The second-order valence-corrected chi connectivity index (χ2v) is 5.39. The average molecular weight is 273 g/mol. The van der Waals surface area contributed by atoms with E-state index in [0.29, 0.717) is 11.4 Å². The summed E-state index contributed by atoms with van der Waals surface area (Å²) in [6.07, 6.45) is 1.68. The number of nitrogens with two attached hydrogens (primary N) is 1. The van der Waals surface area contributed by atoms with Crippen LogP contribution in [0.1, 0.15) is 13.8 Å². The molecule has 7 heteroatoms. The van der Waals surface area contributed by atoms with Crippen molar-refractivity contribution in [1.82, 2.24) is 15.5 Å². The van der Waals surface area contributed by atoms with E-state index >= 15 is 0 Å². The van der Waals surface area contributed by atoms with Gasteiger partial charge in [0.2, 0.25) is 5.91 Å². The first-order chi connectivity index (χ1) is 9.39. The molecular formula is C13H15N5O2. The van der Waals surface area contributed by atoms with Gasteiger partial charge >= 0.3 is 0 Å². The van der Waals surface area contributed by atoms with Crippen LogP contribution in [0.2, 0.25) is 0 Å². The molecule has 2 aromatic rings. The molecule has 4 N–H and O–H groups in total. The molecule has 0 radical (unpaired) electrons. The van der Waals surface area contributed by atoms with E-state index < -0.39 is 5.54 Å². The number of nitrogen functional groups attached to an aromatic ring is 1. The Labute approximate surface area is 115 Å². The number of nitrogens with zero attached hydrogens (tertiary/aromatic N) is 2. The van der Waals surface area contributed by atoms with Crippen LogP contribution < -0.4 is 16.0 Å². The third kappa shape index (κ3) is 1.70. The fourth-order valence-corrected chi connectivity index (χ4v) is 2.40. The van der Waals surface area contributed by atoms with Gasteiger partial charge in [0.25, 0.3) is 5.91 Å². The van der Waals surface area contributed by atoms with Gasteiger partial charge in [-0.2, -0.15) is 5.10 Å². The van der Waals surface area contributed by atoms with Gasteiger partial charge in [-0.1, -0.05) is 0 Å². The highest BCUT2D eigenvalue weighted by molar-refractivity contribution is 6.07. The predicted molar refractivity (Wildman–Crippen MR) is 75.1 cm³/mol. The zero-order chi connectivity index (χ0) is 14.5. The number of carbonyl (C=O) groups is 2. The number of amides is 2. The monoisotopic (exact) mass is 273 g/mol. The summed E-state index contributed by atoms with van der Waals surface area (Å²) in [6.45, 7) is 3.60. The Morgan fingerprint density at radius 2 is 2.10 bits per heavy atom. The number of hydrogen-bond acceptors (Lipinski definition) is 5. The topological polar surface area (TPSA) is 104 Å². The number of hydrogen-bond donors (Lipinski definition) is 3. The number of benzene rings is 1. The normalized spacial score (nSPS) is 18.4. The van der Waals surface area contributed by atoms with Crippen LogP contribution in [0, 0.1) is 0 Å². The lowest BCUT2D eigenvalue weighted by molar-refractivity contribution is -0.135. The summed E-state index contributed by atoms with van der Waals surface area (Å²) >= 11 is 0. The molecule has 0 spiro atoms. The number of carbonyl (C=O) groups excluding carboxylic acids is 2. The maximum Gasteiger partial charge on any atom is 0.251 e. The molecule has 20 heavy (non-hydrogen) atoms. The van der Waals surface area contributed by atoms with Crippen molar-refractivity contribution in [1.29, 1.82) is 0 Å². The quantitative estimate of drug-likeness (QED) is 0.515. The second kappa shape index (κ2) is 3.96. The zero-order valence-electron chi connectivity index (χ0n) is 11.2. The number of nitrogens with one attached hydrogen (secondary N) is 2. The molecule has 1 aromatic heterocycles. The van der Waals surface area contributed by atoms with Crippen molar-refractivity contribution in [3.05, 3.63) is 18.3 Å². The highest BCUT2D eigenvalue weighted by atomic mass is 16.2. The van der Waals surface area contributed by atoms with Gasteiger partial charge in [-0.05, 0) is 26.0 Å². The molecule has 0 atom stereocenters. The summed E-state index contributed by atoms with van der Waals surface area (Å²) in [4.78, 5) is 25.3. The van der Waals surface area contributed by atoms with Gasteiger partial charge < -0.3 is 10.6 Å². The minimum absolute atomic E-state index is 0.0859. The lowest BCUT2D eigenvalue weighted by Crippen LogP contribution is -2.64. The SMILES string of the molecule is CC1(C)C(=O)NC(=O)CN1c1cc2[nH]ncc2cc1N. The molecule has 1 aliphatic rings. The Hall–Kier alpha value is -2.57. The van der Waals surface area contributed by atoms with E-state index in [1.165, 1.54) is 0 Å². The Balaban J connectivity index is 2.14. The average Bonchev–Trinajstić information content (AvgIpc) is 2.80. The molecule has 1 aromatic carbocycles. The molecular weight excluding hydrogens is 258 g/mol. The van der Waals surface area contributed by atoms with Crippen LogP contribution in [0.15, 0.2) is 18.3 Å². The number of H-pyrrole nitrogens is 1. The molecule has 0 bridgehead atoms. The third-order valence-corrected chi connectivity index (χ3v) is 3.66. The van der Waals surface area contributed by atoms with Gasteiger partial charge in [-0.3, -0.25) is 20.0 Å². The van der Waals surface area contributed by atoms with E-state index in [0.717, 1.165) is 10.9 Å². The first-order valence-electron chi connectivity index (χ1n) is 6.24. The van der Waals surface area contributed by atoms with Gasteiger partial charge in [0.1, 0.15) is 5.54 Å². The van der Waals surface area contributed by atoms with Gasteiger partial charge in [0.05, 0.1) is 29.6 Å². The number of imide groups is 1. The summed E-state index contributed by atoms with van der Waals surface area (Å²) in [5.74, 6) is -0.670. The van der Waals surface area contributed by atoms with E-state index in [-0.39, 0.29) is 18.4 Å². The largest absolute Gasteiger partial charge is 0.397 e. The first kappa shape index (κ1) is 12.5. The van der Waals surface area contributed by atoms with Crippen LogP contribution >= 0.6 is 0 Å². The van der Waals surface area contributed by atoms with E-state index in [1.807, 2.05) is 6.07 Å². The maximum atomic E-state index is 12.0. The van der Waals surface area contributed by atoms with Crippen molar-refractivity contribution in [3.63, 3.8) is 0 Å². The van der Waals surface area contributed by atoms with Crippen LogP contribution in [0.25, 0.3) is 10.9 Å². The fraction of sp³-hybridized carbons (Fsp3) is 0.308. The highest BCUT2D eigenvalue weighted by Gasteiger charge is 2.41. The Bertz CT molecular complexity index is 719. The number of anilines is 2. The minimum atomic E-state index is -0.851. The molecule has 1 aliphatic heterocycles. The molecule has 2 amide bonds. The van der Waals surface area contributed by atoms with Crippen LogP contribution in [0.3, 0.4) is 0 Å². The lowest BCUT2D eigenvalue weighted by atomic mass is 9.97. The number of rotatable bonds is 1. The Kier molecular flexibility index (Phi) is 2.47. The molecule has 0 aliphatic carbocycles. The maximum absolute atomic E-state index is 12.0. The van der Waals surface area contributed by atoms with Crippen molar-refractivity contribution >= 4 is 34.1 Å². The van der Waals surface area contributed by atoms with Crippen molar-refractivity contribution in [3.8, 4) is 0 Å². The molecule has 1 fully saturated rings. The highest BCUT2D eigenvalue weighted by Crippen LogP contribution is 2.33. The van der Waals surface area contributed by atoms with E-state index in [1.54, 1.807) is 31.0 Å². The van der Waals surface area contributed by atoms with Gasteiger partial charge in [0, 0.05) is 5.39 Å². The van der Waals surface area contributed by atoms with E-state index in [2.05, 4.69) is 15.5 Å². The Morgan fingerprint density at radius 1 is 1.35 bits per heavy atom. The van der Waals surface area contributed by atoms with Crippen molar-refractivity contribution in [2.75, 3.05) is 17.2 Å². The van der Waals surface area contributed by atoms with Gasteiger partial charge in [-0.25, -0.2) is 0 Å². The van der Waals surface area contributed by atoms with Crippen LogP contribution in [0.5, 0.6) is 0 Å². The molecule has 0 unspecified atom stereocenters. The third-order valence-electron chi connectivity index (χ3n) is 3.66. The number of aromatic nitrogens is 2. The van der Waals surface area contributed by atoms with Crippen LogP contribution in [0.4, 0.5) is 11.4 Å². The van der Waals surface area contributed by atoms with E-state index in [4.69, 9.17) is 5.73 Å². The van der Waals surface area contributed by atoms with E-state index in [9.17, 15) is 9.59 Å². The summed E-state index contributed by atoms with van der Waals surface area (Å²) in [7, 11) is 0. The number of piperazine rings is 1. The summed E-state index contributed by atoms with van der Waals surface area (Å²) in [5, 5.41) is 10.0. The van der Waals surface area contributed by atoms with Gasteiger partial charge in [0.15, 0.2) is 0 Å². The van der Waals surface area contributed by atoms with Crippen molar-refractivity contribution < 1.29 is 9.59 Å². The molecule has 7 nitrogen and oxygen atoms in total.